The van der Waals surface area contributed by atoms with Crippen LogP contribution in [0, 0.1) is 11.8 Å². The average Bonchev–Trinajstić information content (AvgIpc) is 3.12. The van der Waals surface area contributed by atoms with E-state index in [-0.39, 0.29) is 24.8 Å². The number of fused-ring (bicyclic) bond motifs is 1. The summed E-state index contributed by atoms with van der Waals surface area (Å²) in [6.07, 6.45) is 1.46. The molecule has 2 aromatic carbocycles. The molecule has 114 valence electrons. The van der Waals surface area contributed by atoms with Crippen molar-refractivity contribution in [3.8, 4) is 17.6 Å². The van der Waals surface area contributed by atoms with Gasteiger partial charge < -0.3 is 14.5 Å². The topological polar surface area (TPSA) is 51.5 Å². The van der Waals surface area contributed by atoms with Crippen LogP contribution in [0.25, 0.3) is 10.8 Å². The summed E-state index contributed by atoms with van der Waals surface area (Å²) in [6, 6.07) is 17.2. The molecule has 0 bridgehead atoms. The first-order valence-corrected chi connectivity index (χ1v) is 7.22. The Morgan fingerprint density at radius 2 is 1.91 bits per heavy atom. The molecule has 1 amide bonds. The Morgan fingerprint density at radius 1 is 1.04 bits per heavy atom. The number of rotatable bonds is 4. The van der Waals surface area contributed by atoms with E-state index in [9.17, 15) is 4.79 Å². The van der Waals surface area contributed by atoms with Crippen molar-refractivity contribution in [2.24, 2.45) is 0 Å². The molecule has 0 aliphatic rings. The summed E-state index contributed by atoms with van der Waals surface area (Å²) in [5.74, 6) is 6.53. The summed E-state index contributed by atoms with van der Waals surface area (Å²) in [5.41, 5.74) is 0. The lowest BCUT2D eigenvalue weighted by Crippen LogP contribution is -2.23. The number of furan rings is 1. The lowest BCUT2D eigenvalue weighted by Gasteiger charge is -2.06. The van der Waals surface area contributed by atoms with Crippen LogP contribution in [0.5, 0.6) is 5.75 Å². The molecule has 0 aliphatic heterocycles. The molecule has 1 aromatic heterocycles. The highest BCUT2D eigenvalue weighted by Gasteiger charge is 2.05. The highest BCUT2D eigenvalue weighted by molar-refractivity contribution is 5.91. The maximum absolute atomic E-state index is 11.6. The maximum Gasteiger partial charge on any atom is 0.287 e. The van der Waals surface area contributed by atoms with Crippen molar-refractivity contribution in [1.82, 2.24) is 5.32 Å². The standard InChI is InChI=1S/C19H15NO3/c21-19(18-11-6-14-23-18)20-12-3-4-13-22-17-10-5-8-15-7-1-2-9-16(15)17/h1-2,5-11,14H,12-13H2,(H,20,21). The van der Waals surface area contributed by atoms with Crippen LogP contribution in [0.2, 0.25) is 0 Å². The van der Waals surface area contributed by atoms with Crippen LogP contribution >= 0.6 is 0 Å². The zero-order chi connectivity index (χ0) is 15.9. The molecule has 0 atom stereocenters. The maximum atomic E-state index is 11.6. The van der Waals surface area contributed by atoms with Gasteiger partial charge in [-0.15, -0.1) is 0 Å². The van der Waals surface area contributed by atoms with Crippen molar-refractivity contribution >= 4 is 16.7 Å². The monoisotopic (exact) mass is 305 g/mol. The Labute approximate surface area is 134 Å². The molecule has 3 aromatic rings. The van der Waals surface area contributed by atoms with E-state index < -0.39 is 0 Å². The van der Waals surface area contributed by atoms with E-state index in [0.717, 1.165) is 16.5 Å². The van der Waals surface area contributed by atoms with E-state index in [1.165, 1.54) is 6.26 Å². The van der Waals surface area contributed by atoms with Crippen molar-refractivity contribution in [2.45, 2.75) is 0 Å². The number of carbonyl (C=O) groups is 1. The van der Waals surface area contributed by atoms with Gasteiger partial charge in [-0.1, -0.05) is 48.2 Å². The molecule has 1 heterocycles. The highest BCUT2D eigenvalue weighted by atomic mass is 16.5. The van der Waals surface area contributed by atoms with Gasteiger partial charge in [0.15, 0.2) is 5.76 Å². The van der Waals surface area contributed by atoms with E-state index >= 15 is 0 Å². The number of carbonyl (C=O) groups excluding carboxylic acids is 1. The normalized spacial score (nSPS) is 9.91. The third-order valence-electron chi connectivity index (χ3n) is 3.26. The predicted molar refractivity (Wildman–Crippen MR) is 88.3 cm³/mol. The summed E-state index contributed by atoms with van der Waals surface area (Å²) < 4.78 is 10.7. The van der Waals surface area contributed by atoms with Crippen molar-refractivity contribution < 1.29 is 13.9 Å². The number of hydrogen-bond donors (Lipinski definition) is 1. The van der Waals surface area contributed by atoms with Gasteiger partial charge in [0.1, 0.15) is 12.4 Å². The van der Waals surface area contributed by atoms with Crippen molar-refractivity contribution in [1.29, 1.82) is 0 Å². The smallest absolute Gasteiger partial charge is 0.287 e. The van der Waals surface area contributed by atoms with Crippen molar-refractivity contribution in [2.75, 3.05) is 13.2 Å². The quantitative estimate of drug-likeness (QED) is 0.753. The molecule has 23 heavy (non-hydrogen) atoms. The lowest BCUT2D eigenvalue weighted by atomic mass is 10.1. The van der Waals surface area contributed by atoms with Gasteiger partial charge in [0.05, 0.1) is 12.8 Å². The minimum atomic E-state index is -0.278. The fourth-order valence-corrected chi connectivity index (χ4v) is 2.17. The minimum absolute atomic E-state index is 0.248. The number of ether oxygens (including phenoxy) is 1. The predicted octanol–water partition coefficient (Wildman–Crippen LogP) is 3.25. The SMILES string of the molecule is O=C(NCC#CCOc1cccc2ccccc12)c1ccco1. The van der Waals surface area contributed by atoms with Crippen LogP contribution in [-0.2, 0) is 0 Å². The van der Waals surface area contributed by atoms with Crippen molar-refractivity contribution in [3.05, 3.63) is 66.6 Å². The highest BCUT2D eigenvalue weighted by Crippen LogP contribution is 2.24. The molecule has 1 N–H and O–H groups in total. The van der Waals surface area contributed by atoms with E-state index in [1.807, 2.05) is 42.5 Å². The molecule has 0 saturated heterocycles. The molecule has 3 rings (SSSR count). The second-order valence-electron chi connectivity index (χ2n) is 4.78. The van der Waals surface area contributed by atoms with E-state index in [2.05, 4.69) is 17.2 Å². The van der Waals surface area contributed by atoms with Crippen LogP contribution in [0.3, 0.4) is 0 Å². The van der Waals surface area contributed by atoms with Crippen LogP contribution in [0.4, 0.5) is 0 Å². The summed E-state index contributed by atoms with van der Waals surface area (Å²) in [7, 11) is 0. The largest absolute Gasteiger partial charge is 0.480 e. The second kappa shape index (κ2) is 7.19. The zero-order valence-electron chi connectivity index (χ0n) is 12.4. The van der Waals surface area contributed by atoms with Gasteiger partial charge >= 0.3 is 0 Å². The first kappa shape index (κ1) is 14.7. The molecule has 0 saturated carbocycles. The Kier molecular flexibility index (Phi) is 4.61. The molecule has 4 heteroatoms. The van der Waals surface area contributed by atoms with Crippen LogP contribution in [-0.4, -0.2) is 19.1 Å². The van der Waals surface area contributed by atoms with E-state index in [0.29, 0.717) is 0 Å². The molecule has 0 radical (unpaired) electrons. The van der Waals surface area contributed by atoms with E-state index in [1.54, 1.807) is 12.1 Å². The Morgan fingerprint density at radius 3 is 2.78 bits per heavy atom. The number of hydrogen-bond acceptors (Lipinski definition) is 3. The van der Waals surface area contributed by atoms with Crippen molar-refractivity contribution in [3.63, 3.8) is 0 Å². The first-order valence-electron chi connectivity index (χ1n) is 7.22. The van der Waals surface area contributed by atoms with Gasteiger partial charge in [-0.25, -0.2) is 0 Å². The number of amides is 1. The molecule has 0 spiro atoms. The fourth-order valence-electron chi connectivity index (χ4n) is 2.17. The third kappa shape index (κ3) is 3.72. The number of benzene rings is 2. The molecule has 0 aliphatic carbocycles. The van der Waals surface area contributed by atoms with Gasteiger partial charge in [-0.2, -0.15) is 0 Å². The van der Waals surface area contributed by atoms with Crippen LogP contribution in [0.15, 0.2) is 65.3 Å². The molecular formula is C19H15NO3. The third-order valence-corrected chi connectivity index (χ3v) is 3.26. The minimum Gasteiger partial charge on any atom is -0.480 e. The fraction of sp³-hybridized carbons (Fsp3) is 0.105. The molecular weight excluding hydrogens is 290 g/mol. The van der Waals surface area contributed by atoms with Gasteiger partial charge in [0.25, 0.3) is 5.91 Å². The molecule has 4 nitrogen and oxygen atoms in total. The van der Waals surface area contributed by atoms with Gasteiger partial charge in [-0.3, -0.25) is 4.79 Å². The first-order chi connectivity index (χ1) is 11.3. The van der Waals surface area contributed by atoms with Gasteiger partial charge in [-0.05, 0) is 23.6 Å². The molecule has 0 fully saturated rings. The summed E-state index contributed by atoms with van der Waals surface area (Å²) >= 11 is 0. The lowest BCUT2D eigenvalue weighted by molar-refractivity contribution is 0.0931. The summed E-state index contributed by atoms with van der Waals surface area (Å²) in [4.78, 5) is 11.6. The Hall–Kier alpha value is -3.19. The van der Waals surface area contributed by atoms with Crippen LogP contribution in [0.1, 0.15) is 10.6 Å². The zero-order valence-corrected chi connectivity index (χ0v) is 12.4. The molecule has 0 unspecified atom stereocenters. The van der Waals surface area contributed by atoms with E-state index in [4.69, 9.17) is 9.15 Å². The Balaban J connectivity index is 1.51. The average molecular weight is 305 g/mol. The van der Waals surface area contributed by atoms with Gasteiger partial charge in [0, 0.05) is 5.39 Å². The summed E-state index contributed by atoms with van der Waals surface area (Å²) in [5, 5.41) is 4.84. The van der Waals surface area contributed by atoms with Crippen LogP contribution < -0.4 is 10.1 Å². The number of nitrogens with one attached hydrogen (secondary N) is 1. The van der Waals surface area contributed by atoms with Gasteiger partial charge in [0.2, 0.25) is 0 Å². The second-order valence-corrected chi connectivity index (χ2v) is 4.78. The summed E-state index contributed by atoms with van der Waals surface area (Å²) in [6.45, 7) is 0.517. The Bertz CT molecular complexity index is 852.